The molecule has 1 atom stereocenters. The molecule has 1 N–H and O–H groups in total. The van der Waals surface area contributed by atoms with Gasteiger partial charge < -0.3 is 14.5 Å². The van der Waals surface area contributed by atoms with E-state index in [1.54, 1.807) is 18.4 Å². The summed E-state index contributed by atoms with van der Waals surface area (Å²) < 4.78 is 12.1. The number of halogens is 1. The number of nitrogens with zero attached hydrogens (tertiary/aromatic N) is 2. The predicted molar refractivity (Wildman–Crippen MR) is 110 cm³/mol. The van der Waals surface area contributed by atoms with Gasteiger partial charge in [0.1, 0.15) is 5.75 Å². The predicted octanol–water partition coefficient (Wildman–Crippen LogP) is 5.30. The van der Waals surface area contributed by atoms with E-state index < -0.39 is 0 Å². The summed E-state index contributed by atoms with van der Waals surface area (Å²) in [5.74, 6) is 2.06. The van der Waals surface area contributed by atoms with E-state index in [2.05, 4.69) is 56.6 Å². The van der Waals surface area contributed by atoms with Crippen molar-refractivity contribution in [3.8, 4) is 16.5 Å². The molecule has 2 heterocycles. The van der Waals surface area contributed by atoms with Gasteiger partial charge in [0, 0.05) is 10.9 Å². The Labute approximate surface area is 171 Å². The van der Waals surface area contributed by atoms with Crippen LogP contribution in [-0.2, 0) is 19.4 Å². The molecule has 4 rings (SSSR count). The second kappa shape index (κ2) is 8.12. The standard InChI is InChI=1S/C20H22BrN3O2S/c1-12(13-7-8-16(25-2)15(21)9-13)22-11-19-23-24-20(26-19)18-10-14-5-3-4-6-17(14)27-18/h7-10,12,22H,3-6,11H2,1-2H3. The fourth-order valence-corrected chi connectivity index (χ4v) is 5.06. The topological polar surface area (TPSA) is 60.2 Å². The highest BCUT2D eigenvalue weighted by Crippen LogP contribution is 2.35. The first-order valence-corrected chi connectivity index (χ1v) is 10.8. The van der Waals surface area contributed by atoms with Gasteiger partial charge in [-0.15, -0.1) is 21.5 Å². The van der Waals surface area contributed by atoms with Gasteiger partial charge in [-0.1, -0.05) is 6.07 Å². The molecular formula is C20H22BrN3O2S. The Morgan fingerprint density at radius 3 is 2.89 bits per heavy atom. The van der Waals surface area contributed by atoms with E-state index in [0.29, 0.717) is 18.3 Å². The van der Waals surface area contributed by atoms with Crippen molar-refractivity contribution in [2.75, 3.05) is 7.11 Å². The molecule has 5 nitrogen and oxygen atoms in total. The van der Waals surface area contributed by atoms with Gasteiger partial charge >= 0.3 is 0 Å². The fourth-order valence-electron chi connectivity index (χ4n) is 3.33. The molecule has 0 saturated heterocycles. The first-order valence-electron chi connectivity index (χ1n) is 9.15. The van der Waals surface area contributed by atoms with Gasteiger partial charge in [0.15, 0.2) is 0 Å². The van der Waals surface area contributed by atoms with E-state index in [1.807, 2.05) is 6.07 Å². The summed E-state index contributed by atoms with van der Waals surface area (Å²) in [5, 5.41) is 11.9. The Morgan fingerprint density at radius 1 is 1.26 bits per heavy atom. The lowest BCUT2D eigenvalue weighted by atomic mass is 9.99. The number of methoxy groups -OCH3 is 1. The SMILES string of the molecule is COc1ccc(C(C)NCc2nnc(-c3cc4c(s3)CCCC4)o2)cc1Br. The summed E-state index contributed by atoms with van der Waals surface area (Å²) in [7, 11) is 1.67. The highest BCUT2D eigenvalue weighted by atomic mass is 79.9. The number of thiophene rings is 1. The molecule has 1 aliphatic carbocycles. The molecule has 0 aliphatic heterocycles. The van der Waals surface area contributed by atoms with Gasteiger partial charge in [-0.3, -0.25) is 0 Å². The van der Waals surface area contributed by atoms with Crippen LogP contribution in [-0.4, -0.2) is 17.3 Å². The largest absolute Gasteiger partial charge is 0.496 e. The fraction of sp³-hybridized carbons (Fsp3) is 0.400. The lowest BCUT2D eigenvalue weighted by Crippen LogP contribution is -2.18. The molecule has 3 aromatic rings. The Hall–Kier alpha value is -1.70. The molecule has 2 aromatic heterocycles. The van der Waals surface area contributed by atoms with Crippen LogP contribution >= 0.6 is 27.3 Å². The molecule has 0 bridgehead atoms. The highest BCUT2D eigenvalue weighted by Gasteiger charge is 2.18. The van der Waals surface area contributed by atoms with Crippen molar-refractivity contribution in [1.29, 1.82) is 0 Å². The summed E-state index contributed by atoms with van der Waals surface area (Å²) >= 11 is 5.33. The molecule has 1 unspecified atom stereocenters. The summed E-state index contributed by atoms with van der Waals surface area (Å²) in [6.07, 6.45) is 4.91. The van der Waals surface area contributed by atoms with Crippen LogP contribution in [0.15, 0.2) is 33.2 Å². The van der Waals surface area contributed by atoms with Gasteiger partial charge in [0.05, 0.1) is 23.0 Å². The Bertz CT molecular complexity index is 914. The molecule has 0 amide bonds. The van der Waals surface area contributed by atoms with Crippen molar-refractivity contribution in [2.24, 2.45) is 0 Å². The van der Waals surface area contributed by atoms with Gasteiger partial charge in [-0.25, -0.2) is 0 Å². The van der Waals surface area contributed by atoms with E-state index in [4.69, 9.17) is 9.15 Å². The second-order valence-electron chi connectivity index (χ2n) is 6.76. The van der Waals surface area contributed by atoms with Gasteiger partial charge in [0.2, 0.25) is 5.89 Å². The van der Waals surface area contributed by atoms with Crippen molar-refractivity contribution < 1.29 is 9.15 Å². The lowest BCUT2D eigenvalue weighted by Gasteiger charge is -2.14. The van der Waals surface area contributed by atoms with Gasteiger partial charge in [-0.2, -0.15) is 0 Å². The number of nitrogens with one attached hydrogen (secondary N) is 1. The van der Waals surface area contributed by atoms with E-state index >= 15 is 0 Å². The maximum Gasteiger partial charge on any atom is 0.257 e. The number of ether oxygens (including phenoxy) is 1. The van der Waals surface area contributed by atoms with Crippen LogP contribution in [0, 0.1) is 0 Å². The third kappa shape index (κ3) is 4.10. The summed E-state index contributed by atoms with van der Waals surface area (Å²) in [5.41, 5.74) is 2.62. The Kier molecular flexibility index (Phi) is 5.61. The number of hydrogen-bond acceptors (Lipinski definition) is 6. The van der Waals surface area contributed by atoms with Gasteiger partial charge in [-0.05, 0) is 77.9 Å². The van der Waals surface area contributed by atoms with Crippen molar-refractivity contribution in [1.82, 2.24) is 15.5 Å². The molecule has 7 heteroatoms. The second-order valence-corrected chi connectivity index (χ2v) is 8.75. The van der Waals surface area contributed by atoms with E-state index in [1.165, 1.54) is 36.1 Å². The zero-order chi connectivity index (χ0) is 18.8. The van der Waals surface area contributed by atoms with E-state index in [-0.39, 0.29) is 6.04 Å². The summed E-state index contributed by atoms with van der Waals surface area (Å²) in [6.45, 7) is 2.64. The van der Waals surface area contributed by atoms with E-state index in [0.717, 1.165) is 20.7 Å². The molecule has 0 fully saturated rings. The van der Waals surface area contributed by atoms with Crippen molar-refractivity contribution in [2.45, 2.75) is 45.2 Å². The molecule has 0 spiro atoms. The highest BCUT2D eigenvalue weighted by molar-refractivity contribution is 9.10. The van der Waals surface area contributed by atoms with Crippen LogP contribution in [0.2, 0.25) is 0 Å². The van der Waals surface area contributed by atoms with Crippen molar-refractivity contribution in [3.05, 3.63) is 50.6 Å². The van der Waals surface area contributed by atoms with Crippen LogP contribution < -0.4 is 10.1 Å². The quantitative estimate of drug-likeness (QED) is 0.555. The molecule has 1 aliphatic rings. The average Bonchev–Trinajstić information content (AvgIpc) is 3.32. The third-order valence-electron chi connectivity index (χ3n) is 4.91. The number of fused-ring (bicyclic) bond motifs is 1. The van der Waals surface area contributed by atoms with Crippen LogP contribution in [0.4, 0.5) is 0 Å². The number of aryl methyl sites for hydroxylation is 2. The van der Waals surface area contributed by atoms with Crippen LogP contribution in [0.1, 0.15) is 47.7 Å². The Balaban J connectivity index is 1.40. The normalized spacial score (nSPS) is 14.8. The van der Waals surface area contributed by atoms with Gasteiger partial charge in [0.25, 0.3) is 5.89 Å². The maximum absolute atomic E-state index is 5.89. The molecular weight excluding hydrogens is 426 g/mol. The van der Waals surface area contributed by atoms with Crippen LogP contribution in [0.3, 0.4) is 0 Å². The first-order chi connectivity index (χ1) is 13.1. The summed E-state index contributed by atoms with van der Waals surface area (Å²) in [4.78, 5) is 2.57. The number of hydrogen-bond donors (Lipinski definition) is 1. The first kappa shape index (κ1) is 18.7. The monoisotopic (exact) mass is 447 g/mol. The summed E-state index contributed by atoms with van der Waals surface area (Å²) in [6, 6.07) is 8.45. The minimum absolute atomic E-state index is 0.150. The zero-order valence-corrected chi connectivity index (χ0v) is 17.8. The molecule has 0 radical (unpaired) electrons. The van der Waals surface area contributed by atoms with E-state index in [9.17, 15) is 0 Å². The molecule has 0 saturated carbocycles. The van der Waals surface area contributed by atoms with Crippen molar-refractivity contribution in [3.63, 3.8) is 0 Å². The molecule has 142 valence electrons. The molecule has 27 heavy (non-hydrogen) atoms. The number of aromatic nitrogens is 2. The number of benzene rings is 1. The third-order valence-corrected chi connectivity index (χ3v) is 6.75. The van der Waals surface area contributed by atoms with Crippen LogP contribution in [0.25, 0.3) is 10.8 Å². The minimum Gasteiger partial charge on any atom is -0.496 e. The average molecular weight is 448 g/mol. The number of rotatable bonds is 6. The zero-order valence-electron chi connectivity index (χ0n) is 15.4. The van der Waals surface area contributed by atoms with Crippen molar-refractivity contribution >= 4 is 27.3 Å². The maximum atomic E-state index is 5.89. The lowest BCUT2D eigenvalue weighted by molar-refractivity contribution is 0.411. The minimum atomic E-state index is 0.150. The van der Waals surface area contributed by atoms with Crippen LogP contribution in [0.5, 0.6) is 5.75 Å². The Morgan fingerprint density at radius 2 is 2.11 bits per heavy atom. The molecule has 1 aromatic carbocycles. The smallest absolute Gasteiger partial charge is 0.257 e.